The van der Waals surface area contributed by atoms with Crippen LogP contribution in [0.4, 0.5) is 5.82 Å². The Morgan fingerprint density at radius 1 is 1.15 bits per heavy atom. The summed E-state index contributed by atoms with van der Waals surface area (Å²) < 4.78 is 1.67. The molecule has 0 unspecified atom stereocenters. The standard InChI is InChI=1S/C20H20N4O2S/c1-14(15-8-4-2-5-9-15)22-19(26)13-27-20-23-18(25)12-17(21)24(20)16-10-6-3-7-11-16/h2-12,14H,13,21H2,1H3,(H,22,26)/t14-/m1/s1. The maximum atomic E-state index is 12.3. The Hall–Kier alpha value is -3.06. The van der Waals surface area contributed by atoms with Gasteiger partial charge < -0.3 is 11.1 Å². The van der Waals surface area contributed by atoms with Crippen molar-refractivity contribution in [3.8, 4) is 5.69 Å². The van der Waals surface area contributed by atoms with Crippen molar-refractivity contribution in [3.63, 3.8) is 0 Å². The molecule has 0 aliphatic rings. The van der Waals surface area contributed by atoms with Crippen molar-refractivity contribution in [2.24, 2.45) is 0 Å². The van der Waals surface area contributed by atoms with Crippen LogP contribution in [0.5, 0.6) is 0 Å². The van der Waals surface area contributed by atoms with Gasteiger partial charge in [-0.2, -0.15) is 4.98 Å². The fourth-order valence-corrected chi connectivity index (χ4v) is 3.49. The Morgan fingerprint density at radius 3 is 2.44 bits per heavy atom. The molecule has 2 aromatic carbocycles. The first-order valence-electron chi connectivity index (χ1n) is 8.46. The highest BCUT2D eigenvalue weighted by Crippen LogP contribution is 2.22. The predicted octanol–water partition coefficient (Wildman–Crippen LogP) is 2.78. The lowest BCUT2D eigenvalue weighted by atomic mass is 10.1. The number of carbonyl (C=O) groups excluding carboxylic acids is 1. The lowest BCUT2D eigenvalue weighted by Crippen LogP contribution is -2.28. The van der Waals surface area contributed by atoms with E-state index in [9.17, 15) is 9.59 Å². The summed E-state index contributed by atoms with van der Waals surface area (Å²) in [4.78, 5) is 28.2. The summed E-state index contributed by atoms with van der Waals surface area (Å²) in [6.45, 7) is 1.93. The minimum absolute atomic E-state index is 0.107. The second-order valence-corrected chi connectivity index (χ2v) is 6.90. The number of nitrogens with one attached hydrogen (secondary N) is 1. The number of para-hydroxylation sites is 1. The van der Waals surface area contributed by atoms with Crippen LogP contribution in [0.2, 0.25) is 0 Å². The predicted molar refractivity (Wildman–Crippen MR) is 108 cm³/mol. The van der Waals surface area contributed by atoms with Crippen LogP contribution in [0.3, 0.4) is 0 Å². The number of nitrogen functional groups attached to an aromatic ring is 1. The number of amides is 1. The van der Waals surface area contributed by atoms with E-state index >= 15 is 0 Å². The Balaban J connectivity index is 1.74. The fraction of sp³-hybridized carbons (Fsp3) is 0.150. The van der Waals surface area contributed by atoms with Crippen molar-refractivity contribution >= 4 is 23.5 Å². The molecule has 1 heterocycles. The molecule has 3 N–H and O–H groups in total. The number of hydrogen-bond donors (Lipinski definition) is 2. The molecule has 3 rings (SSSR count). The second-order valence-electron chi connectivity index (χ2n) is 5.96. The first-order valence-corrected chi connectivity index (χ1v) is 9.45. The van der Waals surface area contributed by atoms with Gasteiger partial charge in [0.25, 0.3) is 5.56 Å². The summed E-state index contributed by atoms with van der Waals surface area (Å²) >= 11 is 1.18. The molecule has 138 valence electrons. The maximum absolute atomic E-state index is 12.3. The molecule has 0 radical (unpaired) electrons. The number of rotatable bonds is 6. The quantitative estimate of drug-likeness (QED) is 0.507. The van der Waals surface area contributed by atoms with Gasteiger partial charge in [0.05, 0.1) is 11.8 Å². The van der Waals surface area contributed by atoms with Crippen LogP contribution in [0.25, 0.3) is 5.69 Å². The van der Waals surface area contributed by atoms with Gasteiger partial charge in [0.15, 0.2) is 5.16 Å². The van der Waals surface area contributed by atoms with Gasteiger partial charge >= 0.3 is 0 Å². The highest BCUT2D eigenvalue weighted by atomic mass is 32.2. The van der Waals surface area contributed by atoms with Crippen LogP contribution < -0.4 is 16.6 Å². The molecule has 1 aromatic heterocycles. The van der Waals surface area contributed by atoms with Gasteiger partial charge in [0.2, 0.25) is 5.91 Å². The zero-order valence-electron chi connectivity index (χ0n) is 14.8. The summed E-state index contributed by atoms with van der Waals surface area (Å²) in [5.41, 5.74) is 7.40. The van der Waals surface area contributed by atoms with E-state index in [1.807, 2.05) is 67.6 Å². The van der Waals surface area contributed by atoms with Gasteiger partial charge in [0, 0.05) is 11.8 Å². The third-order valence-electron chi connectivity index (χ3n) is 3.95. The van der Waals surface area contributed by atoms with Crippen molar-refractivity contribution in [1.29, 1.82) is 0 Å². The van der Waals surface area contributed by atoms with Crippen molar-refractivity contribution in [2.75, 3.05) is 11.5 Å². The lowest BCUT2D eigenvalue weighted by molar-refractivity contribution is -0.119. The highest BCUT2D eigenvalue weighted by molar-refractivity contribution is 7.99. The largest absolute Gasteiger partial charge is 0.385 e. The number of hydrogen-bond acceptors (Lipinski definition) is 5. The molecule has 0 saturated heterocycles. The van der Waals surface area contributed by atoms with Crippen LogP contribution in [0, 0.1) is 0 Å². The smallest absolute Gasteiger partial charge is 0.275 e. The first kappa shape index (κ1) is 18.7. The molecule has 3 aromatic rings. The minimum atomic E-state index is -0.430. The number of nitrogens with zero attached hydrogens (tertiary/aromatic N) is 2. The Labute approximate surface area is 161 Å². The van der Waals surface area contributed by atoms with Crippen molar-refractivity contribution in [3.05, 3.63) is 82.6 Å². The van der Waals surface area contributed by atoms with E-state index in [-0.39, 0.29) is 23.5 Å². The molecule has 1 atom stereocenters. The van der Waals surface area contributed by atoms with Gasteiger partial charge in [-0.3, -0.25) is 14.2 Å². The normalized spacial score (nSPS) is 11.7. The van der Waals surface area contributed by atoms with E-state index in [1.54, 1.807) is 4.57 Å². The Morgan fingerprint density at radius 2 is 1.78 bits per heavy atom. The number of anilines is 1. The van der Waals surface area contributed by atoms with Crippen LogP contribution in [0.1, 0.15) is 18.5 Å². The summed E-state index contributed by atoms with van der Waals surface area (Å²) in [6.07, 6.45) is 0. The minimum Gasteiger partial charge on any atom is -0.385 e. The third kappa shape index (κ3) is 4.77. The zero-order valence-corrected chi connectivity index (χ0v) is 15.6. The third-order valence-corrected chi connectivity index (χ3v) is 4.89. The van der Waals surface area contributed by atoms with E-state index in [4.69, 9.17) is 5.73 Å². The molecular formula is C20H20N4O2S. The lowest BCUT2D eigenvalue weighted by Gasteiger charge is -2.16. The SMILES string of the molecule is C[C@@H](NC(=O)CSc1nc(=O)cc(N)n1-c1ccccc1)c1ccccc1. The monoisotopic (exact) mass is 380 g/mol. The summed E-state index contributed by atoms with van der Waals surface area (Å²) in [5, 5.41) is 3.33. The van der Waals surface area contributed by atoms with Gasteiger partial charge in [0.1, 0.15) is 5.82 Å². The van der Waals surface area contributed by atoms with Gasteiger partial charge in [-0.05, 0) is 24.6 Å². The molecular weight excluding hydrogens is 360 g/mol. The number of nitrogens with two attached hydrogens (primary N) is 1. The van der Waals surface area contributed by atoms with Crippen LogP contribution in [0.15, 0.2) is 76.7 Å². The van der Waals surface area contributed by atoms with Crippen LogP contribution in [-0.4, -0.2) is 21.2 Å². The molecule has 0 bridgehead atoms. The van der Waals surface area contributed by atoms with Crippen molar-refractivity contribution in [1.82, 2.24) is 14.9 Å². The zero-order chi connectivity index (χ0) is 19.2. The Bertz CT molecular complexity index is 974. The summed E-state index contributed by atoms with van der Waals surface area (Å²) in [5.74, 6) is 0.259. The van der Waals surface area contributed by atoms with E-state index in [2.05, 4.69) is 10.3 Å². The highest BCUT2D eigenvalue weighted by Gasteiger charge is 2.14. The summed E-state index contributed by atoms with van der Waals surface area (Å²) in [6, 6.07) is 20.3. The van der Waals surface area contributed by atoms with Gasteiger partial charge in [-0.15, -0.1) is 0 Å². The molecule has 0 aliphatic heterocycles. The summed E-state index contributed by atoms with van der Waals surface area (Å²) in [7, 11) is 0. The van der Waals surface area contributed by atoms with Crippen molar-refractivity contribution in [2.45, 2.75) is 18.1 Å². The average molecular weight is 380 g/mol. The number of thioether (sulfide) groups is 1. The van der Waals surface area contributed by atoms with Crippen LogP contribution in [-0.2, 0) is 4.79 Å². The molecule has 27 heavy (non-hydrogen) atoms. The van der Waals surface area contributed by atoms with Crippen LogP contribution >= 0.6 is 11.8 Å². The maximum Gasteiger partial charge on any atom is 0.275 e. The van der Waals surface area contributed by atoms with Gasteiger partial charge in [-0.25, -0.2) is 0 Å². The molecule has 0 saturated carbocycles. The molecule has 0 aliphatic carbocycles. The average Bonchev–Trinajstić information content (AvgIpc) is 2.67. The molecule has 6 nitrogen and oxygen atoms in total. The molecule has 7 heteroatoms. The molecule has 1 amide bonds. The van der Waals surface area contributed by atoms with Gasteiger partial charge in [-0.1, -0.05) is 60.3 Å². The molecule has 0 spiro atoms. The van der Waals surface area contributed by atoms with E-state index in [0.717, 1.165) is 11.3 Å². The van der Waals surface area contributed by atoms with E-state index in [0.29, 0.717) is 5.16 Å². The van der Waals surface area contributed by atoms with Crippen molar-refractivity contribution < 1.29 is 4.79 Å². The number of carbonyl (C=O) groups is 1. The number of aromatic nitrogens is 2. The Kier molecular flexibility index (Phi) is 5.93. The molecule has 0 fully saturated rings. The fourth-order valence-electron chi connectivity index (χ4n) is 2.65. The first-order chi connectivity index (χ1) is 13.0. The topological polar surface area (TPSA) is 90.0 Å². The second kappa shape index (κ2) is 8.55. The van der Waals surface area contributed by atoms with E-state index in [1.165, 1.54) is 17.8 Å². The van der Waals surface area contributed by atoms with E-state index < -0.39 is 5.56 Å². The number of benzene rings is 2.